The molecule has 2 rings (SSSR count). The van der Waals surface area contributed by atoms with Crippen LogP contribution in [0.1, 0.15) is 13.8 Å². The first kappa shape index (κ1) is 13.6. The van der Waals surface area contributed by atoms with Crippen molar-refractivity contribution in [2.24, 2.45) is 0 Å². The maximum atomic E-state index is 11.8. The van der Waals surface area contributed by atoms with Crippen LogP contribution >= 0.6 is 0 Å². The molecule has 2 aliphatic rings. The van der Waals surface area contributed by atoms with Crippen molar-refractivity contribution in [3.05, 3.63) is 0 Å². The van der Waals surface area contributed by atoms with Crippen LogP contribution < -0.4 is 5.32 Å². The molecule has 0 aliphatic carbocycles. The molecule has 1 unspecified atom stereocenters. The van der Waals surface area contributed by atoms with Gasteiger partial charge in [0.25, 0.3) is 0 Å². The lowest BCUT2D eigenvalue weighted by Gasteiger charge is -2.36. The van der Waals surface area contributed by atoms with Gasteiger partial charge >= 0.3 is 6.09 Å². The third-order valence-corrected chi connectivity index (χ3v) is 3.07. The van der Waals surface area contributed by atoms with Gasteiger partial charge < -0.3 is 24.4 Å². The lowest BCUT2D eigenvalue weighted by atomic mass is 10.1. The largest absolute Gasteiger partial charge is 0.447 e. The van der Waals surface area contributed by atoms with Crippen molar-refractivity contribution in [2.75, 3.05) is 46.0 Å². The summed E-state index contributed by atoms with van der Waals surface area (Å²) in [5.41, 5.74) is -0.200. The van der Waals surface area contributed by atoms with Crippen molar-refractivity contribution < 1.29 is 19.0 Å². The second kappa shape index (κ2) is 5.86. The Morgan fingerprint density at radius 3 is 2.83 bits per heavy atom. The average molecular weight is 258 g/mol. The Morgan fingerprint density at radius 1 is 1.44 bits per heavy atom. The van der Waals surface area contributed by atoms with E-state index in [1.165, 1.54) is 0 Å². The zero-order valence-electron chi connectivity index (χ0n) is 11.1. The third-order valence-electron chi connectivity index (χ3n) is 3.07. The summed E-state index contributed by atoms with van der Waals surface area (Å²) in [5, 5.41) is 3.28. The van der Waals surface area contributed by atoms with Gasteiger partial charge in [0, 0.05) is 26.2 Å². The summed E-state index contributed by atoms with van der Waals surface area (Å²) in [5.74, 6) is 0. The number of hydrogen-bond donors (Lipinski definition) is 1. The van der Waals surface area contributed by atoms with Gasteiger partial charge in [-0.1, -0.05) is 0 Å². The highest BCUT2D eigenvalue weighted by molar-refractivity contribution is 5.67. The maximum Gasteiger partial charge on any atom is 0.410 e. The highest BCUT2D eigenvalue weighted by Crippen LogP contribution is 2.15. The molecule has 6 heteroatoms. The quantitative estimate of drug-likeness (QED) is 0.768. The van der Waals surface area contributed by atoms with Crippen molar-refractivity contribution >= 4 is 6.09 Å². The Kier molecular flexibility index (Phi) is 4.42. The first-order valence-corrected chi connectivity index (χ1v) is 6.45. The Labute approximate surface area is 108 Å². The number of amides is 1. The molecule has 0 aromatic heterocycles. The fourth-order valence-corrected chi connectivity index (χ4v) is 2.16. The zero-order chi connectivity index (χ0) is 13.0. The molecule has 6 nitrogen and oxygen atoms in total. The molecule has 0 spiro atoms. The monoisotopic (exact) mass is 258 g/mol. The molecule has 0 aromatic rings. The minimum Gasteiger partial charge on any atom is -0.447 e. The molecule has 2 heterocycles. The van der Waals surface area contributed by atoms with E-state index in [1.54, 1.807) is 4.90 Å². The molecule has 1 amide bonds. The van der Waals surface area contributed by atoms with E-state index in [-0.39, 0.29) is 17.8 Å². The third kappa shape index (κ3) is 3.83. The van der Waals surface area contributed by atoms with Gasteiger partial charge in [0.15, 0.2) is 0 Å². The summed E-state index contributed by atoms with van der Waals surface area (Å²) in [6.07, 6.45) is -0.343. The molecule has 0 radical (unpaired) electrons. The molecular formula is C12H22N2O4. The minimum absolute atomic E-state index is 0.0706. The second-order valence-corrected chi connectivity index (χ2v) is 5.31. The van der Waals surface area contributed by atoms with Crippen LogP contribution in [0.25, 0.3) is 0 Å². The average Bonchev–Trinajstić information content (AvgIpc) is 2.36. The van der Waals surface area contributed by atoms with Crippen molar-refractivity contribution in [3.8, 4) is 0 Å². The number of morpholine rings is 2. The summed E-state index contributed by atoms with van der Waals surface area (Å²) in [6, 6.07) is 0. The normalized spacial score (nSPS) is 27.9. The molecule has 104 valence electrons. The molecule has 0 aromatic carbocycles. The van der Waals surface area contributed by atoms with E-state index in [0.29, 0.717) is 32.9 Å². The predicted octanol–water partition coefficient (Wildman–Crippen LogP) is 0.222. The van der Waals surface area contributed by atoms with Crippen molar-refractivity contribution in [3.63, 3.8) is 0 Å². The number of carbonyl (C=O) groups is 1. The lowest BCUT2D eigenvalue weighted by Crippen LogP contribution is -2.52. The van der Waals surface area contributed by atoms with Gasteiger partial charge in [-0.15, -0.1) is 0 Å². The van der Waals surface area contributed by atoms with Crippen LogP contribution in [0, 0.1) is 0 Å². The molecule has 0 bridgehead atoms. The predicted molar refractivity (Wildman–Crippen MR) is 65.6 cm³/mol. The van der Waals surface area contributed by atoms with Gasteiger partial charge in [0.2, 0.25) is 0 Å². The molecule has 2 aliphatic heterocycles. The summed E-state index contributed by atoms with van der Waals surface area (Å²) >= 11 is 0. The topological polar surface area (TPSA) is 60.0 Å². The summed E-state index contributed by atoms with van der Waals surface area (Å²) < 4.78 is 16.3. The van der Waals surface area contributed by atoms with E-state index in [4.69, 9.17) is 14.2 Å². The Bertz CT molecular complexity index is 290. The fourth-order valence-electron chi connectivity index (χ4n) is 2.16. The number of rotatable bonds is 2. The van der Waals surface area contributed by atoms with Crippen LogP contribution in [0.15, 0.2) is 0 Å². The zero-order valence-corrected chi connectivity index (χ0v) is 11.1. The molecule has 18 heavy (non-hydrogen) atoms. The molecule has 2 fully saturated rings. The van der Waals surface area contributed by atoms with E-state index in [2.05, 4.69) is 5.32 Å². The van der Waals surface area contributed by atoms with Gasteiger partial charge in [-0.05, 0) is 13.8 Å². The first-order chi connectivity index (χ1) is 8.57. The smallest absolute Gasteiger partial charge is 0.410 e. The lowest BCUT2D eigenvalue weighted by molar-refractivity contribution is -0.113. The van der Waals surface area contributed by atoms with Crippen molar-refractivity contribution in [2.45, 2.75) is 25.6 Å². The standard InChI is InChI=1S/C12H22N2O4/c1-12(2)9-13-7-10(18-12)8-17-11(15)14-3-5-16-6-4-14/h10,13H,3-9H2,1-2H3. The van der Waals surface area contributed by atoms with E-state index < -0.39 is 0 Å². The molecule has 0 saturated carbocycles. The van der Waals surface area contributed by atoms with Gasteiger partial charge in [-0.2, -0.15) is 0 Å². The summed E-state index contributed by atoms with van der Waals surface area (Å²) in [6.45, 7) is 8.27. The Hall–Kier alpha value is -0.850. The number of nitrogens with one attached hydrogen (secondary N) is 1. The number of carbonyl (C=O) groups excluding carboxylic acids is 1. The Morgan fingerprint density at radius 2 is 2.17 bits per heavy atom. The highest BCUT2D eigenvalue weighted by atomic mass is 16.6. The van der Waals surface area contributed by atoms with E-state index >= 15 is 0 Å². The van der Waals surface area contributed by atoms with Gasteiger partial charge in [0.1, 0.15) is 12.7 Å². The maximum absolute atomic E-state index is 11.8. The van der Waals surface area contributed by atoms with E-state index in [9.17, 15) is 4.79 Å². The molecule has 1 N–H and O–H groups in total. The number of ether oxygens (including phenoxy) is 3. The minimum atomic E-state index is -0.273. The SMILES string of the molecule is CC1(C)CNCC(COC(=O)N2CCOCC2)O1. The molecule has 1 atom stereocenters. The first-order valence-electron chi connectivity index (χ1n) is 6.45. The van der Waals surface area contributed by atoms with Crippen LogP contribution in [0.2, 0.25) is 0 Å². The molecular weight excluding hydrogens is 236 g/mol. The number of nitrogens with zero attached hydrogens (tertiary/aromatic N) is 1. The van der Waals surface area contributed by atoms with Gasteiger partial charge in [0.05, 0.1) is 18.8 Å². The summed E-state index contributed by atoms with van der Waals surface area (Å²) in [4.78, 5) is 13.4. The van der Waals surface area contributed by atoms with Crippen LogP contribution in [0.4, 0.5) is 4.79 Å². The van der Waals surface area contributed by atoms with Crippen LogP contribution in [-0.2, 0) is 14.2 Å². The molecule has 2 saturated heterocycles. The van der Waals surface area contributed by atoms with Crippen molar-refractivity contribution in [1.82, 2.24) is 10.2 Å². The van der Waals surface area contributed by atoms with Gasteiger partial charge in [-0.25, -0.2) is 4.79 Å². The Balaban J connectivity index is 1.72. The summed E-state index contributed by atoms with van der Waals surface area (Å²) in [7, 11) is 0. The van der Waals surface area contributed by atoms with Crippen LogP contribution in [0.3, 0.4) is 0 Å². The van der Waals surface area contributed by atoms with Crippen LogP contribution in [0.5, 0.6) is 0 Å². The van der Waals surface area contributed by atoms with E-state index in [1.807, 2.05) is 13.8 Å². The van der Waals surface area contributed by atoms with Gasteiger partial charge in [-0.3, -0.25) is 0 Å². The van der Waals surface area contributed by atoms with E-state index in [0.717, 1.165) is 13.1 Å². The highest BCUT2D eigenvalue weighted by Gasteiger charge is 2.29. The van der Waals surface area contributed by atoms with Crippen LogP contribution in [-0.4, -0.2) is 68.7 Å². The second-order valence-electron chi connectivity index (χ2n) is 5.31. The van der Waals surface area contributed by atoms with Crippen molar-refractivity contribution in [1.29, 1.82) is 0 Å². The fraction of sp³-hybridized carbons (Fsp3) is 0.917. The number of hydrogen-bond acceptors (Lipinski definition) is 5.